The van der Waals surface area contributed by atoms with Gasteiger partial charge in [-0.1, -0.05) is 0 Å². The van der Waals surface area contributed by atoms with Crippen molar-refractivity contribution in [1.29, 1.82) is 0 Å². The molecule has 0 aliphatic rings. The third-order valence-corrected chi connectivity index (χ3v) is 5.50. The molecule has 12 heteroatoms. The first-order chi connectivity index (χ1) is 10.7. The summed E-state index contributed by atoms with van der Waals surface area (Å²) in [6.45, 7) is 0. The topological polar surface area (TPSA) is 142 Å². The number of nitrogens with zero attached hydrogens (tertiary/aromatic N) is 3. The van der Waals surface area contributed by atoms with Crippen molar-refractivity contribution in [2.45, 2.75) is 4.90 Å². The van der Waals surface area contributed by atoms with Gasteiger partial charge in [0.2, 0.25) is 5.95 Å². The van der Waals surface area contributed by atoms with Gasteiger partial charge >= 0.3 is 13.7 Å². The molecule has 0 radical (unpaired) electrons. The molecule has 124 valence electrons. The Labute approximate surface area is 130 Å². The second-order valence-corrected chi connectivity index (χ2v) is 8.32. The van der Waals surface area contributed by atoms with E-state index in [1.165, 1.54) is 24.3 Å². The Morgan fingerprint density at radius 2 is 1.83 bits per heavy atom. The summed E-state index contributed by atoms with van der Waals surface area (Å²) < 4.78 is 47.5. The highest BCUT2D eigenvalue weighted by atomic mass is 32.2. The lowest BCUT2D eigenvalue weighted by molar-refractivity contribution is 0.374. The first-order valence-corrected chi connectivity index (χ1v) is 9.60. The number of hydrogen-bond donors (Lipinski definition) is 3. The Bertz CT molecular complexity index is 840. The van der Waals surface area contributed by atoms with Gasteiger partial charge < -0.3 is 15.1 Å². The third kappa shape index (κ3) is 5.32. The fourth-order valence-electron chi connectivity index (χ4n) is 1.57. The Kier molecular flexibility index (Phi) is 5.05. The first-order valence-electron chi connectivity index (χ1n) is 6.15. The quantitative estimate of drug-likeness (QED) is 0.633. The van der Waals surface area contributed by atoms with E-state index in [4.69, 9.17) is 9.79 Å². The van der Waals surface area contributed by atoms with E-state index in [1.807, 2.05) is 0 Å². The van der Waals surface area contributed by atoms with Crippen LogP contribution in [0.1, 0.15) is 0 Å². The van der Waals surface area contributed by atoms with E-state index in [-0.39, 0.29) is 10.8 Å². The SMILES string of the molecule is O=P(O)(O)CCS(=O)(=O)c1ccc(Nc2ncnc(F)n2)cc1. The van der Waals surface area contributed by atoms with Crippen molar-refractivity contribution in [2.24, 2.45) is 0 Å². The molecular formula is C11H12FN4O5PS. The number of benzene rings is 1. The summed E-state index contributed by atoms with van der Waals surface area (Å²) in [7, 11) is -8.20. The van der Waals surface area contributed by atoms with Crippen LogP contribution < -0.4 is 5.32 Å². The van der Waals surface area contributed by atoms with Crippen LogP contribution >= 0.6 is 7.60 Å². The van der Waals surface area contributed by atoms with Gasteiger partial charge in [-0.3, -0.25) is 4.57 Å². The fourth-order valence-corrected chi connectivity index (χ4v) is 4.27. The molecule has 0 atom stereocenters. The smallest absolute Gasteiger partial charge is 0.324 e. The largest absolute Gasteiger partial charge is 0.326 e. The van der Waals surface area contributed by atoms with Gasteiger partial charge in [0.1, 0.15) is 6.33 Å². The van der Waals surface area contributed by atoms with Crippen LogP contribution in [0.15, 0.2) is 35.5 Å². The lowest BCUT2D eigenvalue weighted by atomic mass is 10.3. The zero-order valence-corrected chi connectivity index (χ0v) is 13.2. The molecule has 0 amide bonds. The van der Waals surface area contributed by atoms with Crippen molar-refractivity contribution in [1.82, 2.24) is 15.0 Å². The molecule has 23 heavy (non-hydrogen) atoms. The highest BCUT2D eigenvalue weighted by Crippen LogP contribution is 2.34. The number of hydrogen-bond acceptors (Lipinski definition) is 7. The minimum atomic E-state index is -4.39. The van der Waals surface area contributed by atoms with Gasteiger partial charge in [0, 0.05) is 5.69 Å². The molecule has 1 heterocycles. The number of aromatic nitrogens is 3. The molecule has 0 spiro atoms. The summed E-state index contributed by atoms with van der Waals surface area (Å²) in [6.07, 6.45) is -0.732. The molecule has 0 unspecified atom stereocenters. The average Bonchev–Trinajstić information content (AvgIpc) is 2.45. The van der Waals surface area contributed by atoms with Gasteiger partial charge in [-0.2, -0.15) is 14.4 Å². The minimum absolute atomic E-state index is 0.0467. The van der Waals surface area contributed by atoms with Crippen molar-refractivity contribution in [3.8, 4) is 0 Å². The van der Waals surface area contributed by atoms with E-state index in [2.05, 4.69) is 20.3 Å². The van der Waals surface area contributed by atoms with Gasteiger partial charge in [0.05, 0.1) is 16.8 Å². The van der Waals surface area contributed by atoms with Crippen molar-refractivity contribution in [2.75, 3.05) is 17.2 Å². The predicted octanol–water partition coefficient (Wildman–Crippen LogP) is 0.706. The molecule has 0 bridgehead atoms. The third-order valence-electron chi connectivity index (χ3n) is 2.66. The number of rotatable bonds is 6. The summed E-state index contributed by atoms with van der Waals surface area (Å²) in [6, 6.07) is 5.31. The summed E-state index contributed by atoms with van der Waals surface area (Å²) in [5.74, 6) is -0.711. The number of sulfone groups is 1. The van der Waals surface area contributed by atoms with E-state index in [1.54, 1.807) is 0 Å². The monoisotopic (exact) mass is 362 g/mol. The van der Waals surface area contributed by atoms with Gasteiger partial charge in [0.25, 0.3) is 0 Å². The summed E-state index contributed by atoms with van der Waals surface area (Å²) >= 11 is 0. The van der Waals surface area contributed by atoms with Crippen LogP contribution in [-0.2, 0) is 14.4 Å². The van der Waals surface area contributed by atoms with E-state index < -0.39 is 35.4 Å². The summed E-state index contributed by atoms with van der Waals surface area (Å²) in [5, 5.41) is 2.66. The second kappa shape index (κ2) is 6.67. The molecule has 2 rings (SSSR count). The van der Waals surface area contributed by atoms with E-state index in [9.17, 15) is 17.4 Å². The lowest BCUT2D eigenvalue weighted by Gasteiger charge is -2.08. The first kappa shape index (κ1) is 17.4. The highest BCUT2D eigenvalue weighted by Gasteiger charge is 2.21. The Hall–Kier alpha value is -1.94. The maximum Gasteiger partial charge on any atom is 0.326 e. The minimum Gasteiger partial charge on any atom is -0.324 e. The number of halogens is 1. The Morgan fingerprint density at radius 1 is 1.17 bits per heavy atom. The van der Waals surface area contributed by atoms with Crippen LogP contribution in [0.2, 0.25) is 0 Å². The van der Waals surface area contributed by atoms with Crippen LogP contribution in [0.4, 0.5) is 16.0 Å². The van der Waals surface area contributed by atoms with E-state index in [0.717, 1.165) is 6.33 Å². The zero-order chi connectivity index (χ0) is 17.1. The molecule has 0 saturated carbocycles. The lowest BCUT2D eigenvalue weighted by Crippen LogP contribution is -2.10. The number of anilines is 2. The Balaban J connectivity index is 2.11. The molecule has 3 N–H and O–H groups in total. The predicted molar refractivity (Wildman–Crippen MR) is 78.5 cm³/mol. The molecule has 0 saturated heterocycles. The fraction of sp³-hybridized carbons (Fsp3) is 0.182. The average molecular weight is 362 g/mol. The maximum atomic E-state index is 12.8. The molecule has 1 aromatic heterocycles. The van der Waals surface area contributed by atoms with Gasteiger partial charge in [0.15, 0.2) is 9.84 Å². The maximum absolute atomic E-state index is 12.8. The van der Waals surface area contributed by atoms with Gasteiger partial charge in [-0.25, -0.2) is 13.4 Å². The van der Waals surface area contributed by atoms with Crippen LogP contribution in [0, 0.1) is 6.08 Å². The molecule has 9 nitrogen and oxygen atoms in total. The molecule has 0 fully saturated rings. The van der Waals surface area contributed by atoms with Crippen molar-refractivity contribution < 1.29 is 27.2 Å². The molecule has 0 aliphatic carbocycles. The molecular weight excluding hydrogens is 350 g/mol. The Morgan fingerprint density at radius 3 is 2.39 bits per heavy atom. The van der Waals surface area contributed by atoms with Crippen LogP contribution in [0.3, 0.4) is 0 Å². The molecule has 2 aromatic rings. The van der Waals surface area contributed by atoms with Crippen molar-refractivity contribution >= 4 is 29.1 Å². The molecule has 0 aliphatic heterocycles. The molecule has 1 aromatic carbocycles. The van der Waals surface area contributed by atoms with Crippen LogP contribution in [0.5, 0.6) is 0 Å². The van der Waals surface area contributed by atoms with E-state index >= 15 is 0 Å². The summed E-state index contributed by atoms with van der Waals surface area (Å²) in [5.41, 5.74) is 0.407. The summed E-state index contributed by atoms with van der Waals surface area (Å²) in [4.78, 5) is 27.7. The standard InChI is InChI=1S/C11H12FN4O5PS/c12-10-13-7-14-11(16-10)15-8-1-3-9(4-2-8)23(20,21)6-5-22(17,18)19/h1-4,7H,5-6H2,(H2,17,18,19)(H,13,14,15,16). The van der Waals surface area contributed by atoms with Gasteiger partial charge in [-0.15, -0.1) is 0 Å². The van der Waals surface area contributed by atoms with Crippen molar-refractivity contribution in [3.05, 3.63) is 36.7 Å². The van der Waals surface area contributed by atoms with Gasteiger partial charge in [-0.05, 0) is 24.3 Å². The highest BCUT2D eigenvalue weighted by molar-refractivity contribution is 7.91. The van der Waals surface area contributed by atoms with Crippen LogP contribution in [-0.4, -0.2) is 45.1 Å². The second-order valence-electron chi connectivity index (χ2n) is 4.43. The van der Waals surface area contributed by atoms with E-state index in [0.29, 0.717) is 5.69 Å². The van der Waals surface area contributed by atoms with Crippen LogP contribution in [0.25, 0.3) is 0 Å². The zero-order valence-electron chi connectivity index (χ0n) is 11.5. The number of nitrogens with one attached hydrogen (secondary N) is 1. The van der Waals surface area contributed by atoms with Crippen molar-refractivity contribution in [3.63, 3.8) is 0 Å². The normalized spacial score (nSPS) is 12.1.